The Morgan fingerprint density at radius 2 is 1.33 bits per heavy atom. The van der Waals surface area contributed by atoms with Gasteiger partial charge in [-0.2, -0.15) is 0 Å². The van der Waals surface area contributed by atoms with Gasteiger partial charge in [-0.05, 0) is 50.8 Å². The number of hydrogen-bond acceptors (Lipinski definition) is 6. The molecule has 0 heterocycles. The molecule has 0 aromatic heterocycles. The van der Waals surface area contributed by atoms with Crippen molar-refractivity contribution in [3.8, 4) is 5.75 Å². The molecular formula is C24H26O6. The molecule has 0 saturated heterocycles. The Balaban J connectivity index is 1.93. The van der Waals surface area contributed by atoms with Crippen LogP contribution in [0.4, 0.5) is 0 Å². The van der Waals surface area contributed by atoms with E-state index in [9.17, 15) is 24.0 Å². The summed E-state index contributed by atoms with van der Waals surface area (Å²) in [5, 5.41) is 0. The molecule has 2 aliphatic rings. The van der Waals surface area contributed by atoms with Crippen molar-refractivity contribution >= 4 is 29.1 Å². The molecular weight excluding hydrogens is 384 g/mol. The number of esters is 1. The highest BCUT2D eigenvalue weighted by atomic mass is 16.5. The van der Waals surface area contributed by atoms with Crippen LogP contribution in [0.25, 0.3) is 0 Å². The van der Waals surface area contributed by atoms with Crippen LogP contribution in [0.2, 0.25) is 0 Å². The van der Waals surface area contributed by atoms with Crippen LogP contribution < -0.4 is 4.74 Å². The molecule has 6 nitrogen and oxygen atoms in total. The molecule has 2 fully saturated rings. The predicted octanol–water partition coefficient (Wildman–Crippen LogP) is 4.05. The van der Waals surface area contributed by atoms with Crippen LogP contribution in [0.1, 0.15) is 79.0 Å². The van der Waals surface area contributed by atoms with Gasteiger partial charge in [0.05, 0.1) is 0 Å². The largest absolute Gasteiger partial charge is 0.423 e. The number of Topliss-reactive ketones (excluding diaryl/α,β-unsaturated/α-hetero) is 4. The van der Waals surface area contributed by atoms with Gasteiger partial charge >= 0.3 is 5.97 Å². The van der Waals surface area contributed by atoms with Crippen molar-refractivity contribution in [3.05, 3.63) is 41.5 Å². The van der Waals surface area contributed by atoms with E-state index in [0.29, 0.717) is 38.5 Å². The van der Waals surface area contributed by atoms with E-state index < -0.39 is 17.8 Å². The lowest BCUT2D eigenvalue weighted by atomic mass is 9.81. The summed E-state index contributed by atoms with van der Waals surface area (Å²) in [7, 11) is 0. The second kappa shape index (κ2) is 9.28. The van der Waals surface area contributed by atoms with Crippen LogP contribution in [0.15, 0.2) is 30.4 Å². The topological polar surface area (TPSA) is 94.6 Å². The van der Waals surface area contributed by atoms with Crippen LogP contribution in [0.3, 0.4) is 0 Å². The van der Waals surface area contributed by atoms with Gasteiger partial charge in [0, 0.05) is 54.2 Å². The monoisotopic (exact) mass is 410 g/mol. The highest BCUT2D eigenvalue weighted by Gasteiger charge is 2.30. The van der Waals surface area contributed by atoms with Crippen molar-refractivity contribution in [2.24, 2.45) is 11.8 Å². The molecule has 0 aliphatic heterocycles. The van der Waals surface area contributed by atoms with Crippen LogP contribution in [-0.2, 0) is 14.4 Å². The maximum Gasteiger partial charge on any atom is 0.338 e. The molecule has 158 valence electrons. The summed E-state index contributed by atoms with van der Waals surface area (Å²) in [6.45, 7) is 5.05. The fourth-order valence-electron chi connectivity index (χ4n) is 4.10. The number of carbonyl (C=O) groups excluding carboxylic acids is 5. The van der Waals surface area contributed by atoms with Crippen molar-refractivity contribution in [3.63, 3.8) is 0 Å². The molecule has 0 amide bonds. The van der Waals surface area contributed by atoms with Crippen molar-refractivity contribution in [2.75, 3.05) is 0 Å². The summed E-state index contributed by atoms with van der Waals surface area (Å²) in [5.74, 6) is -1.78. The van der Waals surface area contributed by atoms with E-state index in [1.165, 1.54) is 25.1 Å². The maximum absolute atomic E-state index is 13.0. The first-order chi connectivity index (χ1) is 14.2. The molecule has 0 radical (unpaired) electrons. The minimum atomic E-state index is -0.654. The van der Waals surface area contributed by atoms with Gasteiger partial charge < -0.3 is 4.74 Å². The van der Waals surface area contributed by atoms with E-state index in [4.69, 9.17) is 4.74 Å². The third-order valence-electron chi connectivity index (χ3n) is 5.74. The predicted molar refractivity (Wildman–Crippen MR) is 109 cm³/mol. The Labute approximate surface area is 175 Å². The number of ether oxygens (including phenoxy) is 1. The van der Waals surface area contributed by atoms with E-state index >= 15 is 0 Å². The Kier molecular flexibility index (Phi) is 6.75. The van der Waals surface area contributed by atoms with Gasteiger partial charge in [0.15, 0.2) is 11.6 Å². The third-order valence-corrected chi connectivity index (χ3v) is 5.74. The molecule has 0 bridgehead atoms. The summed E-state index contributed by atoms with van der Waals surface area (Å²) in [4.78, 5) is 61.7. The zero-order valence-electron chi connectivity index (χ0n) is 17.2. The van der Waals surface area contributed by atoms with Crippen molar-refractivity contribution in [2.45, 2.75) is 58.3 Å². The molecule has 6 heteroatoms. The summed E-state index contributed by atoms with van der Waals surface area (Å²) < 4.78 is 5.30. The van der Waals surface area contributed by atoms with Gasteiger partial charge in [-0.15, -0.1) is 0 Å². The van der Waals surface area contributed by atoms with Gasteiger partial charge in [-0.3, -0.25) is 19.2 Å². The van der Waals surface area contributed by atoms with Gasteiger partial charge in [-0.1, -0.05) is 6.58 Å². The Morgan fingerprint density at radius 3 is 1.73 bits per heavy atom. The first kappa shape index (κ1) is 21.8. The molecule has 30 heavy (non-hydrogen) atoms. The van der Waals surface area contributed by atoms with Crippen molar-refractivity contribution in [1.82, 2.24) is 0 Å². The van der Waals surface area contributed by atoms with Gasteiger partial charge in [0.25, 0.3) is 0 Å². The third kappa shape index (κ3) is 5.17. The van der Waals surface area contributed by atoms with E-state index in [1.807, 2.05) is 0 Å². The highest BCUT2D eigenvalue weighted by Crippen LogP contribution is 2.30. The van der Waals surface area contributed by atoms with Crippen LogP contribution >= 0.6 is 0 Å². The number of rotatable bonds is 6. The normalized spacial score (nSPS) is 21.8. The fourth-order valence-corrected chi connectivity index (χ4v) is 4.10. The van der Waals surface area contributed by atoms with Crippen LogP contribution in [-0.4, -0.2) is 29.1 Å². The quantitative estimate of drug-likeness (QED) is 0.304. The van der Waals surface area contributed by atoms with Gasteiger partial charge in [0.1, 0.15) is 17.3 Å². The number of ketones is 4. The summed E-state index contributed by atoms with van der Waals surface area (Å²) >= 11 is 0. The van der Waals surface area contributed by atoms with Crippen molar-refractivity contribution < 1.29 is 28.7 Å². The summed E-state index contributed by atoms with van der Waals surface area (Å²) in [6, 6.07) is 4.37. The van der Waals surface area contributed by atoms with E-state index in [1.54, 1.807) is 0 Å². The smallest absolute Gasteiger partial charge is 0.338 e. The maximum atomic E-state index is 13.0. The Morgan fingerprint density at radius 1 is 0.867 bits per heavy atom. The minimum Gasteiger partial charge on any atom is -0.423 e. The standard InChI is InChI=1S/C24H26O6/c1-14(2)24(29)30-21-12-17(22(27)15-5-3-7-19(25)10-15)9-18(13-21)23(28)16-6-4-8-20(26)11-16/h9,12-13,15-16H,1,3-8,10-11H2,2H3. The van der Waals surface area contributed by atoms with Crippen LogP contribution in [0.5, 0.6) is 5.75 Å². The molecule has 0 spiro atoms. The molecule has 1 aromatic carbocycles. The fraction of sp³-hybridized carbons (Fsp3) is 0.458. The molecule has 2 aliphatic carbocycles. The first-order valence-electron chi connectivity index (χ1n) is 10.4. The Hall–Kier alpha value is -2.89. The number of benzene rings is 1. The van der Waals surface area contributed by atoms with E-state index in [0.717, 1.165) is 0 Å². The zero-order valence-corrected chi connectivity index (χ0v) is 17.2. The summed E-state index contributed by atoms with van der Waals surface area (Å²) in [5.41, 5.74) is 0.676. The van der Waals surface area contributed by atoms with Gasteiger partial charge in [0.2, 0.25) is 0 Å². The second-order valence-electron chi connectivity index (χ2n) is 8.31. The van der Waals surface area contributed by atoms with E-state index in [2.05, 4.69) is 6.58 Å². The summed E-state index contributed by atoms with van der Waals surface area (Å²) in [6.07, 6.45) is 3.90. The lowest BCUT2D eigenvalue weighted by molar-refractivity contribution is -0.130. The average Bonchev–Trinajstić information content (AvgIpc) is 2.72. The molecule has 2 atom stereocenters. The highest BCUT2D eigenvalue weighted by molar-refractivity contribution is 6.06. The zero-order chi connectivity index (χ0) is 21.8. The molecule has 3 rings (SSSR count). The lowest BCUT2D eigenvalue weighted by Crippen LogP contribution is -2.25. The number of hydrogen-bond donors (Lipinski definition) is 0. The van der Waals surface area contributed by atoms with Crippen molar-refractivity contribution in [1.29, 1.82) is 0 Å². The lowest BCUT2D eigenvalue weighted by Gasteiger charge is -2.22. The number of carbonyl (C=O) groups is 5. The molecule has 1 aromatic rings. The Bertz CT molecular complexity index is 867. The van der Waals surface area contributed by atoms with E-state index in [-0.39, 0.29) is 58.4 Å². The molecule has 0 N–H and O–H groups in total. The molecule has 2 unspecified atom stereocenters. The minimum absolute atomic E-state index is 0.0569. The SMILES string of the molecule is C=C(C)C(=O)Oc1cc(C(=O)C2CCCC(=O)C2)cc(C(=O)C2CCCC(=O)C2)c1. The first-order valence-corrected chi connectivity index (χ1v) is 10.4. The average molecular weight is 410 g/mol. The molecule has 2 saturated carbocycles. The second-order valence-corrected chi connectivity index (χ2v) is 8.31. The van der Waals surface area contributed by atoms with Crippen LogP contribution in [0, 0.1) is 11.8 Å². The van der Waals surface area contributed by atoms with Gasteiger partial charge in [-0.25, -0.2) is 4.79 Å².